The monoisotopic (exact) mass is 314 g/mol. The van der Waals surface area contributed by atoms with Crippen molar-refractivity contribution in [2.75, 3.05) is 5.32 Å². The Hall–Kier alpha value is -1.47. The van der Waals surface area contributed by atoms with Gasteiger partial charge in [-0.15, -0.1) is 0 Å². The van der Waals surface area contributed by atoms with Crippen LogP contribution in [0, 0.1) is 11.7 Å². The number of halogens is 1. The van der Waals surface area contributed by atoms with Crippen molar-refractivity contribution in [1.29, 1.82) is 0 Å². The van der Waals surface area contributed by atoms with Crippen molar-refractivity contribution in [3.63, 3.8) is 0 Å². The molecule has 1 aromatic carbocycles. The van der Waals surface area contributed by atoms with Gasteiger partial charge in [-0.2, -0.15) is 0 Å². The second kappa shape index (κ2) is 6.53. The number of amides is 1. The van der Waals surface area contributed by atoms with Gasteiger partial charge in [0.05, 0.1) is 10.6 Å². The van der Waals surface area contributed by atoms with E-state index >= 15 is 0 Å². The third-order valence-corrected chi connectivity index (χ3v) is 4.66. The number of nitrogens with two attached hydrogens (primary N) is 1. The van der Waals surface area contributed by atoms with Gasteiger partial charge in [-0.25, -0.2) is 17.9 Å². The molecular weight excluding hydrogens is 295 g/mol. The molecule has 0 aromatic heterocycles. The summed E-state index contributed by atoms with van der Waals surface area (Å²) in [5.74, 6) is -1.12. The standard InChI is InChI=1S/C14H19FN2O3S/c15-12-9-11(21(16,19)20)7-8-13(12)17-14(18)10-5-3-1-2-4-6-10/h7-10H,1-6H2,(H,17,18)(H2,16,19,20). The molecule has 21 heavy (non-hydrogen) atoms. The summed E-state index contributed by atoms with van der Waals surface area (Å²) in [4.78, 5) is 11.8. The molecule has 7 heteroatoms. The van der Waals surface area contributed by atoms with Gasteiger partial charge in [-0.3, -0.25) is 4.79 Å². The zero-order chi connectivity index (χ0) is 15.5. The summed E-state index contributed by atoms with van der Waals surface area (Å²) in [5, 5.41) is 7.47. The lowest BCUT2D eigenvalue weighted by Gasteiger charge is -2.14. The van der Waals surface area contributed by atoms with E-state index in [0.29, 0.717) is 0 Å². The summed E-state index contributed by atoms with van der Waals surface area (Å²) in [7, 11) is -3.95. The Balaban J connectivity index is 2.10. The molecule has 0 atom stereocenters. The molecule has 0 saturated heterocycles. The van der Waals surface area contributed by atoms with Crippen LogP contribution in [0.3, 0.4) is 0 Å². The molecule has 0 bridgehead atoms. The van der Waals surface area contributed by atoms with E-state index < -0.39 is 15.8 Å². The van der Waals surface area contributed by atoms with E-state index in [1.807, 2.05) is 0 Å². The number of nitrogens with one attached hydrogen (secondary N) is 1. The third-order valence-electron chi connectivity index (χ3n) is 3.75. The van der Waals surface area contributed by atoms with Crippen molar-refractivity contribution in [1.82, 2.24) is 0 Å². The predicted molar refractivity (Wildman–Crippen MR) is 77.6 cm³/mol. The van der Waals surface area contributed by atoms with Gasteiger partial charge in [0, 0.05) is 5.92 Å². The molecular formula is C14H19FN2O3S. The SMILES string of the molecule is NS(=O)(=O)c1ccc(NC(=O)C2CCCCCC2)c(F)c1. The van der Waals surface area contributed by atoms with Crippen molar-refractivity contribution < 1.29 is 17.6 Å². The molecule has 1 aromatic rings. The van der Waals surface area contributed by atoms with Crippen LogP contribution < -0.4 is 10.5 Å². The zero-order valence-electron chi connectivity index (χ0n) is 11.6. The highest BCUT2D eigenvalue weighted by molar-refractivity contribution is 7.89. The fourth-order valence-corrected chi connectivity index (χ4v) is 3.08. The number of hydrogen-bond acceptors (Lipinski definition) is 3. The number of anilines is 1. The first-order valence-corrected chi connectivity index (χ1v) is 8.56. The van der Waals surface area contributed by atoms with Crippen LogP contribution in [0.4, 0.5) is 10.1 Å². The topological polar surface area (TPSA) is 89.3 Å². The van der Waals surface area contributed by atoms with Gasteiger partial charge in [0.2, 0.25) is 15.9 Å². The minimum atomic E-state index is -3.95. The summed E-state index contributed by atoms with van der Waals surface area (Å²) < 4.78 is 36.1. The van der Waals surface area contributed by atoms with Crippen molar-refractivity contribution in [3.8, 4) is 0 Å². The molecule has 2 rings (SSSR count). The maximum Gasteiger partial charge on any atom is 0.238 e. The van der Waals surface area contributed by atoms with Gasteiger partial charge in [-0.05, 0) is 31.0 Å². The molecule has 0 aliphatic heterocycles. The molecule has 0 heterocycles. The van der Waals surface area contributed by atoms with Crippen molar-refractivity contribution in [2.24, 2.45) is 11.1 Å². The Labute approximate surface area is 123 Å². The molecule has 0 unspecified atom stereocenters. The number of carbonyl (C=O) groups is 1. The molecule has 1 amide bonds. The fraction of sp³-hybridized carbons (Fsp3) is 0.500. The molecule has 5 nitrogen and oxygen atoms in total. The van der Waals surface area contributed by atoms with Crippen molar-refractivity contribution in [3.05, 3.63) is 24.0 Å². The van der Waals surface area contributed by atoms with E-state index in [-0.39, 0.29) is 22.4 Å². The number of hydrogen-bond donors (Lipinski definition) is 2. The molecule has 0 spiro atoms. The Kier molecular flexibility index (Phi) is 4.95. The maximum atomic E-state index is 13.9. The molecule has 116 valence electrons. The van der Waals surface area contributed by atoms with Crippen LogP contribution in [0.15, 0.2) is 23.1 Å². The van der Waals surface area contributed by atoms with E-state index in [0.717, 1.165) is 44.6 Å². The highest BCUT2D eigenvalue weighted by Crippen LogP contribution is 2.25. The predicted octanol–water partition coefficient (Wildman–Crippen LogP) is 2.38. The van der Waals surface area contributed by atoms with Gasteiger partial charge in [0.25, 0.3) is 0 Å². The number of sulfonamides is 1. The maximum absolute atomic E-state index is 13.9. The van der Waals surface area contributed by atoms with E-state index in [9.17, 15) is 17.6 Å². The zero-order valence-corrected chi connectivity index (χ0v) is 12.5. The lowest BCUT2D eigenvalue weighted by Crippen LogP contribution is -2.23. The molecule has 1 aliphatic carbocycles. The summed E-state index contributed by atoms with van der Waals surface area (Å²) in [6.07, 6.45) is 5.88. The van der Waals surface area contributed by atoms with Crippen LogP contribution in [0.25, 0.3) is 0 Å². The first kappa shape index (κ1) is 15.9. The van der Waals surface area contributed by atoms with Gasteiger partial charge < -0.3 is 5.32 Å². The van der Waals surface area contributed by atoms with Gasteiger partial charge in [-0.1, -0.05) is 25.7 Å². The lowest BCUT2D eigenvalue weighted by molar-refractivity contribution is -0.120. The Morgan fingerprint density at radius 3 is 2.33 bits per heavy atom. The Bertz CT molecular complexity index is 623. The van der Waals surface area contributed by atoms with Gasteiger partial charge >= 0.3 is 0 Å². The molecule has 1 aliphatic rings. The molecule has 1 fully saturated rings. The smallest absolute Gasteiger partial charge is 0.238 e. The van der Waals surface area contributed by atoms with Crippen LogP contribution in [-0.4, -0.2) is 14.3 Å². The Morgan fingerprint density at radius 2 is 1.81 bits per heavy atom. The van der Waals surface area contributed by atoms with Gasteiger partial charge in [0.1, 0.15) is 5.82 Å². The third kappa shape index (κ3) is 4.25. The van der Waals surface area contributed by atoms with Crippen LogP contribution in [0.5, 0.6) is 0 Å². The minimum Gasteiger partial charge on any atom is -0.323 e. The largest absolute Gasteiger partial charge is 0.323 e. The molecule has 1 saturated carbocycles. The normalized spacial score (nSPS) is 17.2. The fourth-order valence-electron chi connectivity index (χ4n) is 2.55. The summed E-state index contributed by atoms with van der Waals surface area (Å²) >= 11 is 0. The quantitative estimate of drug-likeness (QED) is 0.839. The highest BCUT2D eigenvalue weighted by atomic mass is 32.2. The van der Waals surface area contributed by atoms with E-state index in [1.54, 1.807) is 0 Å². The van der Waals surface area contributed by atoms with Crippen LogP contribution >= 0.6 is 0 Å². The van der Waals surface area contributed by atoms with Gasteiger partial charge in [0.15, 0.2) is 0 Å². The first-order chi connectivity index (χ1) is 9.88. The highest BCUT2D eigenvalue weighted by Gasteiger charge is 2.21. The Morgan fingerprint density at radius 1 is 1.19 bits per heavy atom. The number of rotatable bonds is 3. The van der Waals surface area contributed by atoms with Crippen LogP contribution in [0.1, 0.15) is 38.5 Å². The average molecular weight is 314 g/mol. The molecule has 0 radical (unpaired) electrons. The number of carbonyl (C=O) groups excluding carboxylic acids is 1. The first-order valence-electron chi connectivity index (χ1n) is 7.01. The van der Waals surface area contributed by atoms with E-state index in [2.05, 4.69) is 5.32 Å². The summed E-state index contributed by atoms with van der Waals surface area (Å²) in [6.45, 7) is 0. The number of benzene rings is 1. The minimum absolute atomic E-state index is 0.0170. The second-order valence-electron chi connectivity index (χ2n) is 5.36. The van der Waals surface area contributed by atoms with Crippen molar-refractivity contribution in [2.45, 2.75) is 43.4 Å². The van der Waals surface area contributed by atoms with E-state index in [4.69, 9.17) is 5.14 Å². The molecule has 3 N–H and O–H groups in total. The second-order valence-corrected chi connectivity index (χ2v) is 6.93. The summed E-state index contributed by atoms with van der Waals surface area (Å²) in [6, 6.07) is 3.23. The van der Waals surface area contributed by atoms with E-state index in [1.165, 1.54) is 12.1 Å². The average Bonchev–Trinajstić information content (AvgIpc) is 2.68. The summed E-state index contributed by atoms with van der Waals surface area (Å²) in [5.41, 5.74) is -0.0170. The van der Waals surface area contributed by atoms with Crippen LogP contribution in [-0.2, 0) is 14.8 Å². The van der Waals surface area contributed by atoms with Crippen molar-refractivity contribution >= 4 is 21.6 Å². The number of primary sulfonamides is 1. The van der Waals surface area contributed by atoms with Crippen LogP contribution in [0.2, 0.25) is 0 Å². The lowest BCUT2D eigenvalue weighted by atomic mass is 9.99.